The van der Waals surface area contributed by atoms with Crippen molar-refractivity contribution in [3.63, 3.8) is 0 Å². The average molecular weight is 316 g/mol. The van der Waals surface area contributed by atoms with Gasteiger partial charge in [0.05, 0.1) is 12.9 Å². The number of hydrogen-bond acceptors (Lipinski definition) is 5. The van der Waals surface area contributed by atoms with Crippen LogP contribution < -0.4 is 0 Å². The van der Waals surface area contributed by atoms with Crippen LogP contribution in [0.2, 0.25) is 0 Å². The molecule has 1 amide bonds. The average Bonchev–Trinajstić information content (AvgIpc) is 3.18. The highest BCUT2D eigenvalue weighted by Crippen LogP contribution is 2.26. The Morgan fingerprint density at radius 3 is 2.87 bits per heavy atom. The molecule has 0 radical (unpaired) electrons. The number of rotatable bonds is 4. The van der Waals surface area contributed by atoms with Gasteiger partial charge in [0.25, 0.3) is 5.91 Å². The zero-order valence-electron chi connectivity index (χ0n) is 13.3. The van der Waals surface area contributed by atoms with Gasteiger partial charge in [-0.1, -0.05) is 0 Å². The third kappa shape index (κ3) is 3.15. The van der Waals surface area contributed by atoms with Crippen LogP contribution >= 0.6 is 0 Å². The van der Waals surface area contributed by atoms with Crippen LogP contribution in [-0.4, -0.2) is 54.0 Å². The van der Waals surface area contributed by atoms with E-state index in [0.717, 1.165) is 24.5 Å². The Balaban J connectivity index is 1.75. The van der Waals surface area contributed by atoms with Gasteiger partial charge in [0.1, 0.15) is 5.82 Å². The lowest BCUT2D eigenvalue weighted by Crippen LogP contribution is -2.42. The van der Waals surface area contributed by atoms with E-state index in [1.165, 1.54) is 6.92 Å². The molecule has 122 valence electrons. The third-order valence-corrected chi connectivity index (χ3v) is 4.26. The Morgan fingerprint density at radius 1 is 1.35 bits per heavy atom. The fourth-order valence-corrected chi connectivity index (χ4v) is 3.01. The van der Waals surface area contributed by atoms with Gasteiger partial charge < -0.3 is 14.0 Å². The summed E-state index contributed by atoms with van der Waals surface area (Å²) in [6, 6.07) is 0. The second kappa shape index (κ2) is 6.31. The first kappa shape index (κ1) is 15.4. The van der Waals surface area contributed by atoms with Crippen molar-refractivity contribution in [3.8, 4) is 0 Å². The SMILES string of the molecule is CC(=O)C(=O)N1CCC[C@@H](c2nnc(Cn3ccnc3)n2C)C1. The molecule has 0 aliphatic carbocycles. The lowest BCUT2D eigenvalue weighted by molar-refractivity contribution is -0.144. The topological polar surface area (TPSA) is 85.9 Å². The summed E-state index contributed by atoms with van der Waals surface area (Å²) < 4.78 is 3.91. The number of likely N-dealkylation sites (tertiary alicyclic amines) is 1. The van der Waals surface area contributed by atoms with Gasteiger partial charge in [0.2, 0.25) is 5.78 Å². The molecule has 1 saturated heterocycles. The predicted molar refractivity (Wildman–Crippen MR) is 81.6 cm³/mol. The van der Waals surface area contributed by atoms with Gasteiger partial charge in [0.15, 0.2) is 5.82 Å². The van der Waals surface area contributed by atoms with Gasteiger partial charge in [0, 0.05) is 45.4 Å². The van der Waals surface area contributed by atoms with Crippen molar-refractivity contribution in [2.45, 2.75) is 32.2 Å². The summed E-state index contributed by atoms with van der Waals surface area (Å²) >= 11 is 0. The van der Waals surface area contributed by atoms with Gasteiger partial charge in [-0.2, -0.15) is 0 Å². The minimum atomic E-state index is -0.413. The van der Waals surface area contributed by atoms with E-state index in [1.54, 1.807) is 17.4 Å². The van der Waals surface area contributed by atoms with E-state index in [4.69, 9.17) is 0 Å². The molecule has 0 spiro atoms. The predicted octanol–water partition coefficient (Wildman–Crippen LogP) is 0.355. The van der Waals surface area contributed by atoms with Crippen LogP contribution in [0.15, 0.2) is 18.7 Å². The number of carbonyl (C=O) groups is 2. The molecule has 2 aromatic rings. The summed E-state index contributed by atoms with van der Waals surface area (Å²) in [7, 11) is 1.94. The highest BCUT2D eigenvalue weighted by atomic mass is 16.2. The van der Waals surface area contributed by atoms with Crippen LogP contribution in [0, 0.1) is 0 Å². The van der Waals surface area contributed by atoms with Gasteiger partial charge in [-0.25, -0.2) is 4.98 Å². The standard InChI is InChI=1S/C15H20N6O2/c1-11(22)15(23)21-6-3-4-12(8-21)14-18-17-13(19(14)2)9-20-7-5-16-10-20/h5,7,10,12H,3-4,6,8-9H2,1-2H3/t12-/m1/s1. The molecular formula is C15H20N6O2. The largest absolute Gasteiger partial charge is 0.335 e. The Labute approximate surface area is 134 Å². The molecule has 1 aliphatic heterocycles. The van der Waals surface area contributed by atoms with Crippen molar-refractivity contribution in [1.29, 1.82) is 0 Å². The van der Waals surface area contributed by atoms with Crippen molar-refractivity contribution in [3.05, 3.63) is 30.4 Å². The molecule has 0 bridgehead atoms. The first-order chi connectivity index (χ1) is 11.1. The molecule has 23 heavy (non-hydrogen) atoms. The van der Waals surface area contributed by atoms with Crippen molar-refractivity contribution in [2.75, 3.05) is 13.1 Å². The van der Waals surface area contributed by atoms with Crippen LogP contribution in [-0.2, 0) is 23.2 Å². The number of imidazole rings is 1. The molecule has 3 rings (SSSR count). The van der Waals surface area contributed by atoms with Crippen LogP contribution in [0.5, 0.6) is 0 Å². The summed E-state index contributed by atoms with van der Waals surface area (Å²) in [4.78, 5) is 28.8. The Hall–Kier alpha value is -2.51. The number of nitrogens with zero attached hydrogens (tertiary/aromatic N) is 6. The Kier molecular flexibility index (Phi) is 4.22. The van der Waals surface area contributed by atoms with Gasteiger partial charge in [-0.15, -0.1) is 10.2 Å². The quantitative estimate of drug-likeness (QED) is 0.760. The number of carbonyl (C=O) groups excluding carboxylic acids is 2. The first-order valence-corrected chi connectivity index (χ1v) is 7.70. The fraction of sp³-hybridized carbons (Fsp3) is 0.533. The molecule has 0 unspecified atom stereocenters. The van der Waals surface area contributed by atoms with E-state index in [0.29, 0.717) is 19.6 Å². The maximum atomic E-state index is 11.9. The molecule has 0 saturated carbocycles. The molecule has 0 aromatic carbocycles. The number of aromatic nitrogens is 5. The summed E-state index contributed by atoms with van der Waals surface area (Å²) in [6.07, 6.45) is 7.15. The van der Waals surface area contributed by atoms with Crippen molar-refractivity contribution in [1.82, 2.24) is 29.2 Å². The first-order valence-electron chi connectivity index (χ1n) is 7.70. The van der Waals surface area contributed by atoms with Crippen molar-refractivity contribution >= 4 is 11.7 Å². The molecule has 8 heteroatoms. The van der Waals surface area contributed by atoms with Gasteiger partial charge >= 0.3 is 0 Å². The molecule has 1 aliphatic rings. The van der Waals surface area contributed by atoms with Crippen molar-refractivity contribution in [2.24, 2.45) is 7.05 Å². The van der Waals surface area contributed by atoms with Crippen LogP contribution in [0.4, 0.5) is 0 Å². The lowest BCUT2D eigenvalue weighted by Gasteiger charge is -2.31. The Morgan fingerprint density at radius 2 is 2.17 bits per heavy atom. The summed E-state index contributed by atoms with van der Waals surface area (Å²) in [5.41, 5.74) is 0. The lowest BCUT2D eigenvalue weighted by atomic mass is 9.97. The third-order valence-electron chi connectivity index (χ3n) is 4.26. The van der Waals surface area contributed by atoms with Crippen LogP contribution in [0.1, 0.15) is 37.3 Å². The number of Topliss-reactive ketones (excluding diaryl/α,β-unsaturated/α-hetero) is 1. The second-order valence-electron chi connectivity index (χ2n) is 5.91. The summed E-state index contributed by atoms with van der Waals surface area (Å²) in [6.45, 7) is 3.08. The maximum absolute atomic E-state index is 11.9. The summed E-state index contributed by atoms with van der Waals surface area (Å²) in [5, 5.41) is 8.58. The number of hydrogen-bond donors (Lipinski definition) is 0. The van der Waals surface area contributed by atoms with E-state index < -0.39 is 11.7 Å². The molecule has 0 N–H and O–H groups in total. The highest BCUT2D eigenvalue weighted by Gasteiger charge is 2.29. The highest BCUT2D eigenvalue weighted by molar-refractivity contribution is 6.35. The zero-order chi connectivity index (χ0) is 16.4. The van der Waals surface area contributed by atoms with E-state index in [1.807, 2.05) is 22.4 Å². The van der Waals surface area contributed by atoms with Gasteiger partial charge in [-0.3, -0.25) is 9.59 Å². The molecule has 8 nitrogen and oxygen atoms in total. The summed E-state index contributed by atoms with van der Waals surface area (Å²) in [5.74, 6) is 0.996. The van der Waals surface area contributed by atoms with E-state index in [9.17, 15) is 9.59 Å². The number of piperidine rings is 1. The van der Waals surface area contributed by atoms with Crippen LogP contribution in [0.3, 0.4) is 0 Å². The minimum Gasteiger partial charge on any atom is -0.335 e. The van der Waals surface area contributed by atoms with E-state index in [-0.39, 0.29) is 5.92 Å². The second-order valence-corrected chi connectivity index (χ2v) is 5.91. The fourth-order valence-electron chi connectivity index (χ4n) is 3.01. The normalized spacial score (nSPS) is 18.2. The molecule has 1 atom stereocenters. The minimum absolute atomic E-state index is 0.112. The zero-order valence-corrected chi connectivity index (χ0v) is 13.3. The van der Waals surface area contributed by atoms with Crippen molar-refractivity contribution < 1.29 is 9.59 Å². The van der Waals surface area contributed by atoms with Crippen LogP contribution in [0.25, 0.3) is 0 Å². The monoisotopic (exact) mass is 316 g/mol. The molecule has 2 aromatic heterocycles. The maximum Gasteiger partial charge on any atom is 0.289 e. The molecular weight excluding hydrogens is 296 g/mol. The number of ketones is 1. The van der Waals surface area contributed by atoms with Gasteiger partial charge in [-0.05, 0) is 12.8 Å². The molecule has 1 fully saturated rings. The van der Waals surface area contributed by atoms with E-state index >= 15 is 0 Å². The Bertz CT molecular complexity index is 706. The smallest absolute Gasteiger partial charge is 0.289 e. The molecule has 3 heterocycles. The number of amides is 1. The van der Waals surface area contributed by atoms with E-state index in [2.05, 4.69) is 15.2 Å².